The van der Waals surface area contributed by atoms with E-state index in [0.717, 1.165) is 48.3 Å². The molecule has 0 radical (unpaired) electrons. The van der Waals surface area contributed by atoms with E-state index in [0.29, 0.717) is 10.8 Å². The summed E-state index contributed by atoms with van der Waals surface area (Å²) in [4.78, 5) is 0. The summed E-state index contributed by atoms with van der Waals surface area (Å²) in [5.74, 6) is 2.06. The molecule has 0 heterocycles. The van der Waals surface area contributed by atoms with Gasteiger partial charge in [-0.2, -0.15) is 0 Å². The van der Waals surface area contributed by atoms with Crippen molar-refractivity contribution in [1.82, 2.24) is 0 Å². The summed E-state index contributed by atoms with van der Waals surface area (Å²) in [5, 5.41) is 25.2. The van der Waals surface area contributed by atoms with Crippen molar-refractivity contribution in [2.45, 2.75) is 106 Å². The molecule has 2 heteroatoms. The highest BCUT2D eigenvalue weighted by Crippen LogP contribution is 2.42. The molecule has 0 saturated carbocycles. The number of allylic oxidation sites excluding steroid dienone is 4. The number of benzene rings is 3. The van der Waals surface area contributed by atoms with E-state index in [-0.39, 0.29) is 11.5 Å². The number of aromatic hydroxyl groups is 2. The number of phenolic OH excluding ortho intramolecular Hbond substituents is 2. The van der Waals surface area contributed by atoms with Gasteiger partial charge >= 0.3 is 0 Å². The topological polar surface area (TPSA) is 40.5 Å². The third-order valence-corrected chi connectivity index (χ3v) is 7.75. The van der Waals surface area contributed by atoms with E-state index >= 15 is 0 Å². The SMILES string of the molecule is CC(=CCCc1ccc2c(O)c3ccc(CCC=C(C)CCCC(C)C)cc3c(O)c2c1)CCCC(C)C. The molecule has 0 bridgehead atoms. The van der Waals surface area contributed by atoms with E-state index in [1.54, 1.807) is 0 Å². The van der Waals surface area contributed by atoms with Crippen LogP contribution in [-0.4, -0.2) is 10.2 Å². The van der Waals surface area contributed by atoms with Crippen LogP contribution in [0.4, 0.5) is 0 Å². The van der Waals surface area contributed by atoms with Gasteiger partial charge in [-0.05, 0) is 100 Å². The summed E-state index contributed by atoms with van der Waals surface area (Å²) < 4.78 is 0. The van der Waals surface area contributed by atoms with Gasteiger partial charge in [0.15, 0.2) is 0 Å². The highest BCUT2D eigenvalue weighted by Gasteiger charge is 2.14. The summed E-state index contributed by atoms with van der Waals surface area (Å²) >= 11 is 0. The van der Waals surface area contributed by atoms with Gasteiger partial charge in [0.2, 0.25) is 0 Å². The van der Waals surface area contributed by atoms with Gasteiger partial charge in [-0.3, -0.25) is 0 Å². The van der Waals surface area contributed by atoms with E-state index in [4.69, 9.17) is 0 Å². The zero-order chi connectivity index (χ0) is 27.7. The second kappa shape index (κ2) is 14.4. The number of hydrogen-bond acceptors (Lipinski definition) is 2. The van der Waals surface area contributed by atoms with E-state index < -0.39 is 0 Å². The van der Waals surface area contributed by atoms with Gasteiger partial charge < -0.3 is 10.2 Å². The maximum atomic E-state index is 11.3. The van der Waals surface area contributed by atoms with Gasteiger partial charge in [0.25, 0.3) is 0 Å². The Kier molecular flexibility index (Phi) is 11.3. The van der Waals surface area contributed by atoms with Crippen LogP contribution in [0, 0.1) is 11.8 Å². The maximum Gasteiger partial charge on any atom is 0.131 e. The highest BCUT2D eigenvalue weighted by atomic mass is 16.3. The second-order valence-corrected chi connectivity index (χ2v) is 12.2. The van der Waals surface area contributed by atoms with Crippen LogP contribution in [0.5, 0.6) is 11.5 Å². The molecule has 0 aliphatic heterocycles. The number of aryl methyl sites for hydroxylation is 2. The van der Waals surface area contributed by atoms with Crippen molar-refractivity contribution in [3.8, 4) is 11.5 Å². The van der Waals surface area contributed by atoms with E-state index in [1.807, 2.05) is 12.1 Å². The van der Waals surface area contributed by atoms with Crippen LogP contribution in [0.2, 0.25) is 0 Å². The fraction of sp³-hybridized carbons (Fsp3) is 0.500. The van der Waals surface area contributed by atoms with Crippen molar-refractivity contribution in [2.75, 3.05) is 0 Å². The lowest BCUT2D eigenvalue weighted by molar-refractivity contribution is 0.478. The summed E-state index contributed by atoms with van der Waals surface area (Å²) in [5.41, 5.74) is 5.30. The first-order chi connectivity index (χ1) is 18.2. The molecule has 2 nitrogen and oxygen atoms in total. The standard InChI is InChI=1S/C36H50O2/c1-25(2)11-7-13-27(5)15-9-17-29-19-21-31-33(23-29)36(38)34-24-30(20-22-32(34)35(31)37)18-10-16-28(6)14-8-12-26(3)4/h15-16,19-26,37-38H,7-14,17-18H2,1-6H3. The molecular formula is C36H50O2. The fourth-order valence-corrected chi connectivity index (χ4v) is 5.34. The zero-order valence-electron chi connectivity index (χ0n) is 24.7. The third kappa shape index (κ3) is 8.65. The molecule has 3 aromatic carbocycles. The molecule has 0 spiro atoms. The first-order valence-corrected chi connectivity index (χ1v) is 14.9. The van der Waals surface area contributed by atoms with E-state index in [2.05, 4.69) is 78.0 Å². The van der Waals surface area contributed by atoms with Crippen LogP contribution >= 0.6 is 0 Å². The Bertz CT molecular complexity index is 1160. The van der Waals surface area contributed by atoms with Crippen LogP contribution in [0.25, 0.3) is 21.5 Å². The molecule has 3 aromatic rings. The number of hydrogen-bond donors (Lipinski definition) is 2. The molecular weight excluding hydrogens is 464 g/mol. The predicted molar refractivity (Wildman–Crippen MR) is 166 cm³/mol. The summed E-state index contributed by atoms with van der Waals surface area (Å²) in [6, 6.07) is 12.2. The van der Waals surface area contributed by atoms with Crippen molar-refractivity contribution < 1.29 is 10.2 Å². The van der Waals surface area contributed by atoms with Gasteiger partial charge in [-0.1, -0.05) is 88.1 Å². The lowest BCUT2D eigenvalue weighted by atomic mass is 9.95. The van der Waals surface area contributed by atoms with Crippen LogP contribution in [0.1, 0.15) is 104 Å². The van der Waals surface area contributed by atoms with Crippen molar-refractivity contribution >= 4 is 21.5 Å². The van der Waals surface area contributed by atoms with E-state index in [1.165, 1.54) is 60.8 Å². The van der Waals surface area contributed by atoms with Crippen LogP contribution < -0.4 is 0 Å². The van der Waals surface area contributed by atoms with Crippen molar-refractivity contribution in [2.24, 2.45) is 11.8 Å². The molecule has 0 atom stereocenters. The van der Waals surface area contributed by atoms with Crippen LogP contribution in [0.3, 0.4) is 0 Å². The predicted octanol–water partition coefficient (Wildman–Crippen LogP) is 10.8. The molecule has 0 aliphatic carbocycles. The smallest absolute Gasteiger partial charge is 0.131 e. The minimum absolute atomic E-state index is 0.257. The summed E-state index contributed by atoms with van der Waals surface area (Å²) in [7, 11) is 0. The Balaban J connectivity index is 1.72. The lowest BCUT2D eigenvalue weighted by Gasteiger charge is -2.12. The molecule has 206 valence electrons. The largest absolute Gasteiger partial charge is 0.507 e. The number of phenols is 2. The highest BCUT2D eigenvalue weighted by molar-refractivity contribution is 6.10. The molecule has 38 heavy (non-hydrogen) atoms. The van der Waals surface area contributed by atoms with Crippen molar-refractivity contribution in [1.29, 1.82) is 0 Å². The maximum absolute atomic E-state index is 11.3. The lowest BCUT2D eigenvalue weighted by Crippen LogP contribution is -1.90. The van der Waals surface area contributed by atoms with Crippen LogP contribution in [0.15, 0.2) is 59.7 Å². The van der Waals surface area contributed by atoms with Gasteiger partial charge in [-0.25, -0.2) is 0 Å². The fourth-order valence-electron chi connectivity index (χ4n) is 5.34. The van der Waals surface area contributed by atoms with Gasteiger partial charge in [0, 0.05) is 21.5 Å². The Labute approximate surface area is 231 Å². The molecule has 2 N–H and O–H groups in total. The van der Waals surface area contributed by atoms with Gasteiger partial charge in [0.05, 0.1) is 0 Å². The Morgan fingerprint density at radius 1 is 0.632 bits per heavy atom. The Morgan fingerprint density at radius 3 is 1.42 bits per heavy atom. The van der Waals surface area contributed by atoms with Gasteiger partial charge in [-0.15, -0.1) is 0 Å². The van der Waals surface area contributed by atoms with Crippen molar-refractivity contribution in [3.63, 3.8) is 0 Å². The average molecular weight is 515 g/mol. The monoisotopic (exact) mass is 514 g/mol. The molecule has 0 aliphatic rings. The first-order valence-electron chi connectivity index (χ1n) is 14.9. The van der Waals surface area contributed by atoms with Gasteiger partial charge in [0.1, 0.15) is 11.5 Å². The third-order valence-electron chi connectivity index (χ3n) is 7.75. The average Bonchev–Trinajstić information content (AvgIpc) is 2.86. The second-order valence-electron chi connectivity index (χ2n) is 12.2. The molecule has 0 fully saturated rings. The minimum Gasteiger partial charge on any atom is -0.507 e. The van der Waals surface area contributed by atoms with Crippen LogP contribution in [-0.2, 0) is 12.8 Å². The van der Waals surface area contributed by atoms with E-state index in [9.17, 15) is 10.2 Å². The molecule has 0 unspecified atom stereocenters. The zero-order valence-corrected chi connectivity index (χ0v) is 24.7. The Morgan fingerprint density at radius 2 is 1.03 bits per heavy atom. The molecule has 0 saturated heterocycles. The first kappa shape index (κ1) is 29.8. The molecule has 0 amide bonds. The number of fused-ring (bicyclic) bond motifs is 2. The minimum atomic E-state index is 0.257. The molecule has 3 rings (SSSR count). The van der Waals surface area contributed by atoms with Crippen molar-refractivity contribution in [3.05, 3.63) is 70.8 Å². The summed E-state index contributed by atoms with van der Waals surface area (Å²) in [6.45, 7) is 13.6. The molecule has 0 aromatic heterocycles. The summed E-state index contributed by atoms with van der Waals surface area (Å²) in [6.07, 6.45) is 16.0. The normalized spacial score (nSPS) is 12.9. The Hall–Kier alpha value is -2.74. The quantitative estimate of drug-likeness (QED) is 0.128. The number of rotatable bonds is 14.